The number of rotatable bonds is 4. The molecule has 2 heterocycles. The maximum Gasteiger partial charge on any atom is 0.348 e. The number of nitrogens with zero attached hydrogens (tertiary/aromatic N) is 1. The number of carbonyl (C=O) groups is 2. The standard InChI is InChI=1S/C23H31NO4S.C2H6/c1-15(2)4-9-19-14-20(21(29-19)23(26)27)24(18-10-12-28-13-11-18)22(25)17-7-5-16(3)6-8-17;1-2/h14-18H,5-8,10-13H2,1-3H3,(H,26,27);1-2H3. The Labute approximate surface area is 191 Å². The van der Waals surface area contributed by atoms with Crippen LogP contribution in [0.15, 0.2) is 6.07 Å². The van der Waals surface area contributed by atoms with Crippen LogP contribution in [-0.4, -0.2) is 36.2 Å². The highest BCUT2D eigenvalue weighted by Gasteiger charge is 2.36. The quantitative estimate of drug-likeness (QED) is 0.591. The zero-order valence-electron chi connectivity index (χ0n) is 19.6. The Hall–Kier alpha value is -1.84. The summed E-state index contributed by atoms with van der Waals surface area (Å²) in [5.74, 6) is 6.10. The second-order valence-electron chi connectivity index (χ2n) is 8.56. The van der Waals surface area contributed by atoms with Gasteiger partial charge in [0, 0.05) is 31.1 Å². The van der Waals surface area contributed by atoms with E-state index in [1.54, 1.807) is 4.90 Å². The minimum absolute atomic E-state index is 0.0193. The third kappa shape index (κ3) is 6.82. The molecular formula is C25H37NO4S. The third-order valence-corrected chi connectivity index (χ3v) is 6.84. The Morgan fingerprint density at radius 1 is 1.13 bits per heavy atom. The Morgan fingerprint density at radius 3 is 2.29 bits per heavy atom. The molecule has 3 rings (SSSR count). The number of carboxylic acids is 1. The summed E-state index contributed by atoms with van der Waals surface area (Å²) in [5.41, 5.74) is 0.520. The molecule has 0 spiro atoms. The molecule has 0 aromatic carbocycles. The van der Waals surface area contributed by atoms with Gasteiger partial charge in [-0.1, -0.05) is 46.5 Å². The van der Waals surface area contributed by atoms with E-state index in [9.17, 15) is 14.7 Å². The molecule has 0 atom stereocenters. The van der Waals surface area contributed by atoms with Crippen LogP contribution < -0.4 is 4.90 Å². The van der Waals surface area contributed by atoms with Gasteiger partial charge in [-0.05, 0) is 50.5 Å². The molecule has 1 aromatic rings. The fraction of sp³-hybridized carbons (Fsp3) is 0.680. The molecule has 1 saturated carbocycles. The van der Waals surface area contributed by atoms with Crippen molar-refractivity contribution in [2.45, 2.75) is 79.2 Å². The van der Waals surface area contributed by atoms with E-state index in [0.717, 1.165) is 38.5 Å². The number of amides is 1. The van der Waals surface area contributed by atoms with Gasteiger partial charge in [0.15, 0.2) is 0 Å². The van der Waals surface area contributed by atoms with E-state index in [1.165, 1.54) is 11.3 Å². The number of anilines is 1. The molecule has 172 valence electrons. The minimum atomic E-state index is -0.996. The first-order valence-electron chi connectivity index (χ1n) is 11.7. The van der Waals surface area contributed by atoms with Crippen LogP contribution in [0.2, 0.25) is 0 Å². The van der Waals surface area contributed by atoms with Gasteiger partial charge in [0.1, 0.15) is 4.88 Å². The fourth-order valence-corrected chi connectivity index (χ4v) is 4.98. The Kier molecular flexibility index (Phi) is 10.1. The topological polar surface area (TPSA) is 66.8 Å². The Balaban J connectivity index is 0.00000166. The lowest BCUT2D eigenvalue weighted by molar-refractivity contribution is -0.124. The van der Waals surface area contributed by atoms with E-state index in [0.29, 0.717) is 29.7 Å². The predicted octanol–water partition coefficient (Wildman–Crippen LogP) is 5.82. The molecule has 0 unspecified atom stereocenters. The summed E-state index contributed by atoms with van der Waals surface area (Å²) < 4.78 is 5.50. The van der Waals surface area contributed by atoms with Crippen LogP contribution in [0.1, 0.15) is 87.7 Å². The van der Waals surface area contributed by atoms with Gasteiger partial charge in [0.2, 0.25) is 5.91 Å². The number of aromatic carboxylic acids is 1. The van der Waals surface area contributed by atoms with E-state index >= 15 is 0 Å². The summed E-state index contributed by atoms with van der Waals surface area (Å²) in [7, 11) is 0. The molecule has 1 aromatic heterocycles. The maximum absolute atomic E-state index is 13.6. The third-order valence-electron chi connectivity index (χ3n) is 5.81. The molecule has 1 aliphatic heterocycles. The number of hydrogen-bond donors (Lipinski definition) is 1. The van der Waals surface area contributed by atoms with Crippen LogP contribution in [0, 0.1) is 29.6 Å². The molecule has 0 radical (unpaired) electrons. The van der Waals surface area contributed by atoms with Crippen LogP contribution in [0.5, 0.6) is 0 Å². The number of carbonyl (C=O) groups excluding carboxylic acids is 1. The van der Waals surface area contributed by atoms with Gasteiger partial charge in [-0.15, -0.1) is 11.3 Å². The molecule has 0 bridgehead atoms. The maximum atomic E-state index is 13.6. The van der Waals surface area contributed by atoms with Crippen LogP contribution >= 0.6 is 11.3 Å². The van der Waals surface area contributed by atoms with Crippen molar-refractivity contribution in [2.75, 3.05) is 18.1 Å². The zero-order valence-corrected chi connectivity index (χ0v) is 20.4. The van der Waals surface area contributed by atoms with Crippen LogP contribution in [0.25, 0.3) is 0 Å². The highest BCUT2D eigenvalue weighted by Crippen LogP contribution is 2.37. The van der Waals surface area contributed by atoms with Crippen molar-refractivity contribution in [3.63, 3.8) is 0 Å². The summed E-state index contributed by atoms with van der Waals surface area (Å²) in [6, 6.07) is 1.79. The molecule has 2 aliphatic rings. The molecule has 1 aliphatic carbocycles. The first-order valence-corrected chi connectivity index (χ1v) is 12.5. The van der Waals surface area contributed by atoms with Gasteiger partial charge >= 0.3 is 5.97 Å². The summed E-state index contributed by atoms with van der Waals surface area (Å²) in [4.78, 5) is 28.3. The highest BCUT2D eigenvalue weighted by atomic mass is 32.1. The highest BCUT2D eigenvalue weighted by molar-refractivity contribution is 7.15. The Morgan fingerprint density at radius 2 is 1.74 bits per heavy atom. The van der Waals surface area contributed by atoms with Crippen LogP contribution in [0.3, 0.4) is 0 Å². The second-order valence-corrected chi connectivity index (χ2v) is 9.61. The van der Waals surface area contributed by atoms with Crippen molar-refractivity contribution in [3.8, 4) is 11.8 Å². The fourth-order valence-electron chi connectivity index (χ4n) is 4.13. The number of thiophene rings is 1. The first kappa shape index (κ1) is 25.4. The number of carboxylic acid groups (broad SMARTS) is 1. The molecule has 2 fully saturated rings. The van der Waals surface area contributed by atoms with E-state index in [-0.39, 0.29) is 28.7 Å². The zero-order chi connectivity index (χ0) is 23.0. The van der Waals surface area contributed by atoms with Crippen molar-refractivity contribution in [1.82, 2.24) is 0 Å². The molecule has 6 heteroatoms. The Bertz CT molecular complexity index is 790. The van der Waals surface area contributed by atoms with E-state index in [4.69, 9.17) is 4.74 Å². The van der Waals surface area contributed by atoms with E-state index in [1.807, 2.05) is 33.8 Å². The van der Waals surface area contributed by atoms with Crippen molar-refractivity contribution in [1.29, 1.82) is 0 Å². The van der Waals surface area contributed by atoms with Gasteiger partial charge in [-0.3, -0.25) is 4.79 Å². The summed E-state index contributed by atoms with van der Waals surface area (Å²) in [5, 5.41) is 9.83. The SMILES string of the molecule is CC.CC(C)C#Cc1cc(N(C(=O)C2CCC(C)CC2)C2CCOCC2)c(C(=O)O)s1. The molecular weight excluding hydrogens is 410 g/mol. The summed E-state index contributed by atoms with van der Waals surface area (Å²) in [6.07, 6.45) is 5.34. The summed E-state index contributed by atoms with van der Waals surface area (Å²) in [6.45, 7) is 11.4. The molecule has 31 heavy (non-hydrogen) atoms. The lowest BCUT2D eigenvalue weighted by atomic mass is 9.82. The van der Waals surface area contributed by atoms with Gasteiger partial charge in [0.05, 0.1) is 10.6 Å². The average molecular weight is 448 g/mol. The van der Waals surface area contributed by atoms with Gasteiger partial charge in [-0.2, -0.15) is 0 Å². The van der Waals surface area contributed by atoms with E-state index < -0.39 is 5.97 Å². The predicted molar refractivity (Wildman–Crippen MR) is 127 cm³/mol. The average Bonchev–Trinajstić information content (AvgIpc) is 3.19. The summed E-state index contributed by atoms with van der Waals surface area (Å²) >= 11 is 1.17. The monoisotopic (exact) mass is 447 g/mol. The number of ether oxygens (including phenoxy) is 1. The molecule has 1 amide bonds. The smallest absolute Gasteiger partial charge is 0.348 e. The minimum Gasteiger partial charge on any atom is -0.477 e. The van der Waals surface area contributed by atoms with Gasteiger partial charge in [0.25, 0.3) is 0 Å². The van der Waals surface area contributed by atoms with Crippen molar-refractivity contribution >= 4 is 28.9 Å². The van der Waals surface area contributed by atoms with Crippen LogP contribution in [0.4, 0.5) is 5.69 Å². The normalized spacial score (nSPS) is 21.5. The van der Waals surface area contributed by atoms with Crippen LogP contribution in [-0.2, 0) is 9.53 Å². The van der Waals surface area contributed by atoms with Gasteiger partial charge < -0.3 is 14.7 Å². The van der Waals surface area contributed by atoms with Crippen molar-refractivity contribution in [3.05, 3.63) is 15.8 Å². The largest absolute Gasteiger partial charge is 0.477 e. The first-order chi connectivity index (χ1) is 14.9. The second kappa shape index (κ2) is 12.3. The lowest BCUT2D eigenvalue weighted by Crippen LogP contribution is -2.47. The van der Waals surface area contributed by atoms with Crippen molar-refractivity contribution < 1.29 is 19.4 Å². The molecule has 1 saturated heterocycles. The molecule has 5 nitrogen and oxygen atoms in total. The number of hydrogen-bond acceptors (Lipinski definition) is 4. The van der Waals surface area contributed by atoms with Crippen molar-refractivity contribution in [2.24, 2.45) is 17.8 Å². The van der Waals surface area contributed by atoms with E-state index in [2.05, 4.69) is 18.8 Å². The molecule has 1 N–H and O–H groups in total. The van der Waals surface area contributed by atoms with Gasteiger partial charge in [-0.25, -0.2) is 4.79 Å². The lowest BCUT2D eigenvalue weighted by Gasteiger charge is -2.37.